The Kier molecular flexibility index (Phi) is 5.01. The number of benzene rings is 2. The molecule has 0 radical (unpaired) electrons. The lowest BCUT2D eigenvalue weighted by atomic mass is 10.1. The van der Waals surface area contributed by atoms with Crippen LogP contribution < -0.4 is 0 Å². The molecule has 2 aromatic rings. The van der Waals surface area contributed by atoms with Crippen molar-refractivity contribution in [2.45, 2.75) is 13.0 Å². The first kappa shape index (κ1) is 16.0. The normalized spacial score (nSPS) is 12.0. The Hall–Kier alpha value is -1.39. The summed E-state index contributed by atoms with van der Waals surface area (Å²) in [5, 5.41) is 0.600. The molecule has 0 aliphatic carbocycles. The topological polar surface area (TPSA) is 20.3 Å². The highest BCUT2D eigenvalue weighted by atomic mass is 79.9. The zero-order chi connectivity index (χ0) is 15.6. The number of rotatable bonds is 3. The van der Waals surface area contributed by atoms with Gasteiger partial charge in [-0.3, -0.25) is 4.79 Å². The van der Waals surface area contributed by atoms with Crippen molar-refractivity contribution in [1.82, 2.24) is 4.90 Å². The Morgan fingerprint density at radius 1 is 1.24 bits per heavy atom. The van der Waals surface area contributed by atoms with Gasteiger partial charge < -0.3 is 4.90 Å². The summed E-state index contributed by atoms with van der Waals surface area (Å²) < 4.78 is 13.7. The molecule has 2 nitrogen and oxygen atoms in total. The highest BCUT2D eigenvalue weighted by molar-refractivity contribution is 9.10. The minimum absolute atomic E-state index is 0.174. The fourth-order valence-corrected chi connectivity index (χ4v) is 2.78. The average Bonchev–Trinajstić information content (AvgIpc) is 2.48. The Labute approximate surface area is 136 Å². The van der Waals surface area contributed by atoms with Gasteiger partial charge in [-0.25, -0.2) is 4.39 Å². The average molecular weight is 371 g/mol. The smallest absolute Gasteiger partial charge is 0.255 e. The Morgan fingerprint density at radius 3 is 2.57 bits per heavy atom. The standard InChI is InChI=1S/C16H14BrClFNO/c1-10(11-6-3-4-8-13(11)18)20(2)16(21)12-7-5-9-14(19)15(12)17/h3-10H,1-2H3. The van der Waals surface area contributed by atoms with Crippen LogP contribution in [0, 0.1) is 5.82 Å². The van der Waals surface area contributed by atoms with E-state index in [9.17, 15) is 9.18 Å². The van der Waals surface area contributed by atoms with Crippen molar-refractivity contribution < 1.29 is 9.18 Å². The third kappa shape index (κ3) is 3.27. The molecule has 1 atom stereocenters. The lowest BCUT2D eigenvalue weighted by Gasteiger charge is -2.26. The summed E-state index contributed by atoms with van der Waals surface area (Å²) in [6, 6.07) is 11.5. The molecule has 0 bridgehead atoms. The largest absolute Gasteiger partial charge is 0.335 e. The molecular formula is C16H14BrClFNO. The molecule has 0 spiro atoms. The monoisotopic (exact) mass is 369 g/mol. The second-order valence-corrected chi connectivity index (χ2v) is 5.92. The quantitative estimate of drug-likeness (QED) is 0.738. The molecule has 2 aromatic carbocycles. The van der Waals surface area contributed by atoms with E-state index in [1.807, 2.05) is 25.1 Å². The number of nitrogens with zero attached hydrogens (tertiary/aromatic N) is 1. The maximum Gasteiger partial charge on any atom is 0.255 e. The van der Waals surface area contributed by atoms with E-state index in [1.54, 1.807) is 24.1 Å². The molecule has 0 saturated heterocycles. The maximum atomic E-state index is 13.6. The van der Waals surface area contributed by atoms with Gasteiger partial charge in [-0.1, -0.05) is 35.9 Å². The summed E-state index contributed by atoms with van der Waals surface area (Å²) in [5.41, 5.74) is 1.14. The van der Waals surface area contributed by atoms with Gasteiger partial charge in [0.25, 0.3) is 5.91 Å². The second kappa shape index (κ2) is 6.58. The first-order valence-corrected chi connectivity index (χ1v) is 7.56. The van der Waals surface area contributed by atoms with E-state index in [4.69, 9.17) is 11.6 Å². The van der Waals surface area contributed by atoms with Crippen LogP contribution >= 0.6 is 27.5 Å². The fraction of sp³-hybridized carbons (Fsp3) is 0.188. The van der Waals surface area contributed by atoms with E-state index in [2.05, 4.69) is 15.9 Å². The first-order valence-electron chi connectivity index (χ1n) is 6.39. The van der Waals surface area contributed by atoms with Gasteiger partial charge in [0.1, 0.15) is 5.82 Å². The van der Waals surface area contributed by atoms with Crippen molar-refractivity contribution >= 4 is 33.4 Å². The first-order chi connectivity index (χ1) is 9.93. The number of carbonyl (C=O) groups excluding carboxylic acids is 1. The number of hydrogen-bond donors (Lipinski definition) is 0. The summed E-state index contributed by atoms with van der Waals surface area (Å²) in [6.45, 7) is 1.88. The number of halogens is 3. The van der Waals surface area contributed by atoms with Crippen molar-refractivity contribution in [2.75, 3.05) is 7.05 Å². The predicted octanol–water partition coefficient (Wildman–Crippen LogP) is 5.07. The van der Waals surface area contributed by atoms with Crippen LogP contribution in [0.25, 0.3) is 0 Å². The zero-order valence-electron chi connectivity index (χ0n) is 11.6. The lowest BCUT2D eigenvalue weighted by molar-refractivity contribution is 0.0741. The molecule has 0 N–H and O–H groups in total. The maximum absolute atomic E-state index is 13.6. The van der Waals surface area contributed by atoms with Crippen molar-refractivity contribution in [3.63, 3.8) is 0 Å². The molecule has 0 aromatic heterocycles. The minimum Gasteiger partial charge on any atom is -0.335 e. The van der Waals surface area contributed by atoms with Gasteiger partial charge in [0, 0.05) is 12.1 Å². The molecular weight excluding hydrogens is 357 g/mol. The van der Waals surface area contributed by atoms with Gasteiger partial charge in [0.05, 0.1) is 16.1 Å². The zero-order valence-corrected chi connectivity index (χ0v) is 14.0. The van der Waals surface area contributed by atoms with Gasteiger partial charge >= 0.3 is 0 Å². The van der Waals surface area contributed by atoms with Crippen molar-refractivity contribution in [1.29, 1.82) is 0 Å². The van der Waals surface area contributed by atoms with Crippen LogP contribution in [0.1, 0.15) is 28.9 Å². The van der Waals surface area contributed by atoms with Gasteiger partial charge in [-0.15, -0.1) is 0 Å². The molecule has 1 unspecified atom stereocenters. The van der Waals surface area contributed by atoms with E-state index in [0.29, 0.717) is 5.02 Å². The highest BCUT2D eigenvalue weighted by Crippen LogP contribution is 2.29. The van der Waals surface area contributed by atoms with E-state index in [-0.39, 0.29) is 22.0 Å². The minimum atomic E-state index is -0.459. The number of amides is 1. The number of hydrogen-bond acceptors (Lipinski definition) is 1. The van der Waals surface area contributed by atoms with Crippen LogP contribution in [0.15, 0.2) is 46.9 Å². The van der Waals surface area contributed by atoms with Gasteiger partial charge in [-0.2, -0.15) is 0 Å². The summed E-state index contributed by atoms with van der Waals surface area (Å²) >= 11 is 9.28. The molecule has 0 heterocycles. The lowest BCUT2D eigenvalue weighted by Crippen LogP contribution is -2.30. The van der Waals surface area contributed by atoms with Crippen molar-refractivity contribution in [2.24, 2.45) is 0 Å². The van der Waals surface area contributed by atoms with Crippen LogP contribution in [0.3, 0.4) is 0 Å². The summed E-state index contributed by atoms with van der Waals surface area (Å²) in [6.07, 6.45) is 0. The Balaban J connectivity index is 2.31. The van der Waals surface area contributed by atoms with Crippen LogP contribution in [-0.4, -0.2) is 17.9 Å². The second-order valence-electron chi connectivity index (χ2n) is 4.71. The molecule has 5 heteroatoms. The third-order valence-electron chi connectivity index (χ3n) is 3.44. The van der Waals surface area contributed by atoms with E-state index >= 15 is 0 Å². The molecule has 2 rings (SSSR count). The van der Waals surface area contributed by atoms with E-state index < -0.39 is 5.82 Å². The molecule has 0 aliphatic heterocycles. The van der Waals surface area contributed by atoms with E-state index in [0.717, 1.165) is 5.56 Å². The van der Waals surface area contributed by atoms with E-state index in [1.165, 1.54) is 12.1 Å². The van der Waals surface area contributed by atoms with Crippen LogP contribution in [0.5, 0.6) is 0 Å². The van der Waals surface area contributed by atoms with Gasteiger partial charge in [0.15, 0.2) is 0 Å². The summed E-state index contributed by atoms with van der Waals surface area (Å²) in [4.78, 5) is 14.1. The molecule has 0 aliphatic rings. The Bertz CT molecular complexity index is 677. The van der Waals surface area contributed by atoms with Gasteiger partial charge in [-0.05, 0) is 46.6 Å². The van der Waals surface area contributed by atoms with Crippen LogP contribution in [-0.2, 0) is 0 Å². The molecule has 0 saturated carbocycles. The predicted molar refractivity (Wildman–Crippen MR) is 86.1 cm³/mol. The van der Waals surface area contributed by atoms with Crippen molar-refractivity contribution in [3.05, 3.63) is 68.9 Å². The van der Waals surface area contributed by atoms with Crippen LogP contribution in [0.2, 0.25) is 5.02 Å². The van der Waals surface area contributed by atoms with Gasteiger partial charge in [0.2, 0.25) is 0 Å². The van der Waals surface area contributed by atoms with Crippen LogP contribution in [0.4, 0.5) is 4.39 Å². The molecule has 1 amide bonds. The third-order valence-corrected chi connectivity index (χ3v) is 4.59. The number of carbonyl (C=O) groups is 1. The molecule has 21 heavy (non-hydrogen) atoms. The molecule has 110 valence electrons. The van der Waals surface area contributed by atoms with Crippen molar-refractivity contribution in [3.8, 4) is 0 Å². The molecule has 0 fully saturated rings. The Morgan fingerprint density at radius 2 is 1.90 bits per heavy atom. The fourth-order valence-electron chi connectivity index (χ4n) is 2.06. The highest BCUT2D eigenvalue weighted by Gasteiger charge is 2.23. The summed E-state index contributed by atoms with van der Waals surface area (Å²) in [5.74, 6) is -0.728. The summed E-state index contributed by atoms with van der Waals surface area (Å²) in [7, 11) is 1.67. The SMILES string of the molecule is CC(c1ccccc1Cl)N(C)C(=O)c1cccc(F)c1Br.